The molecule has 1 aromatic carbocycles. The second-order valence-electron chi connectivity index (χ2n) is 7.97. The number of rotatable bonds is 6. The van der Waals surface area contributed by atoms with Crippen LogP contribution in [0.2, 0.25) is 0 Å². The molecule has 1 aromatic rings. The van der Waals surface area contributed by atoms with Crippen molar-refractivity contribution in [2.45, 2.75) is 64.0 Å². The summed E-state index contributed by atoms with van der Waals surface area (Å²) in [7, 11) is 0. The maximum atomic E-state index is 11.2. The minimum atomic E-state index is 0.0981. The summed E-state index contributed by atoms with van der Waals surface area (Å²) in [5.41, 5.74) is 0.620. The van der Waals surface area contributed by atoms with Crippen LogP contribution in [0.5, 0.6) is 5.75 Å². The van der Waals surface area contributed by atoms with Gasteiger partial charge in [-0.05, 0) is 69.5 Å². The molecule has 5 nitrogen and oxygen atoms in total. The van der Waals surface area contributed by atoms with E-state index in [1.165, 1.54) is 19.3 Å². The van der Waals surface area contributed by atoms with E-state index in [1.54, 1.807) is 6.92 Å². The number of benzene rings is 1. The second kappa shape index (κ2) is 9.75. The fourth-order valence-corrected chi connectivity index (χ4v) is 4.34. The van der Waals surface area contributed by atoms with Gasteiger partial charge in [-0.15, -0.1) is 0 Å². The van der Waals surface area contributed by atoms with Gasteiger partial charge in [0.2, 0.25) is 5.91 Å². The molecule has 0 radical (unpaired) electrons. The summed E-state index contributed by atoms with van der Waals surface area (Å²) in [4.78, 5) is 13.7. The second-order valence-corrected chi connectivity index (χ2v) is 7.97. The zero-order valence-electron chi connectivity index (χ0n) is 16.3. The summed E-state index contributed by atoms with van der Waals surface area (Å²) in [6.07, 6.45) is 8.23. The molecule has 1 heterocycles. The molecular formula is C22H31N3O2. The molecule has 27 heavy (non-hydrogen) atoms. The predicted octanol–water partition coefficient (Wildman–Crippen LogP) is 3.49. The van der Waals surface area contributed by atoms with Crippen molar-refractivity contribution in [3.63, 3.8) is 0 Å². The number of nitriles is 1. The molecule has 0 unspecified atom stereocenters. The summed E-state index contributed by atoms with van der Waals surface area (Å²) in [6, 6.07) is 10.1. The number of ether oxygens (including phenoxy) is 1. The van der Waals surface area contributed by atoms with Crippen LogP contribution in [0.3, 0.4) is 0 Å². The first kappa shape index (κ1) is 19.7. The number of nitrogens with zero attached hydrogens (tertiary/aromatic N) is 2. The van der Waals surface area contributed by atoms with Gasteiger partial charge in [-0.2, -0.15) is 5.26 Å². The molecule has 1 amide bonds. The zero-order chi connectivity index (χ0) is 19.1. The lowest BCUT2D eigenvalue weighted by Crippen LogP contribution is -2.40. The summed E-state index contributed by atoms with van der Waals surface area (Å²) in [5, 5.41) is 12.2. The first-order valence-corrected chi connectivity index (χ1v) is 10.3. The number of hydrogen-bond acceptors (Lipinski definition) is 4. The molecule has 0 spiro atoms. The average molecular weight is 370 g/mol. The van der Waals surface area contributed by atoms with E-state index in [1.807, 2.05) is 24.3 Å². The number of nitrogens with one attached hydrogen (secondary N) is 1. The van der Waals surface area contributed by atoms with Gasteiger partial charge in [0.05, 0.1) is 5.56 Å². The highest BCUT2D eigenvalue weighted by Crippen LogP contribution is 2.28. The lowest BCUT2D eigenvalue weighted by Gasteiger charge is -2.34. The third kappa shape index (κ3) is 5.97. The Morgan fingerprint density at radius 2 is 1.89 bits per heavy atom. The van der Waals surface area contributed by atoms with Crippen LogP contribution in [0.15, 0.2) is 24.3 Å². The fourth-order valence-electron chi connectivity index (χ4n) is 4.34. The van der Waals surface area contributed by atoms with Gasteiger partial charge in [-0.25, -0.2) is 0 Å². The fraction of sp³-hybridized carbons (Fsp3) is 0.636. The molecule has 1 saturated carbocycles. The van der Waals surface area contributed by atoms with Crippen LogP contribution in [-0.4, -0.2) is 42.6 Å². The molecule has 2 fully saturated rings. The number of likely N-dealkylation sites (tertiary alicyclic amines) is 1. The molecule has 1 aliphatic carbocycles. The minimum absolute atomic E-state index is 0.0981. The Morgan fingerprint density at radius 3 is 2.56 bits per heavy atom. The molecule has 0 bridgehead atoms. The Bertz CT molecular complexity index is 654. The molecule has 1 N–H and O–H groups in total. The normalized spacial score (nSPS) is 24.1. The zero-order valence-corrected chi connectivity index (χ0v) is 16.3. The minimum Gasteiger partial charge on any atom is -0.489 e. The summed E-state index contributed by atoms with van der Waals surface area (Å²) < 4.78 is 6.08. The topological polar surface area (TPSA) is 65.4 Å². The van der Waals surface area contributed by atoms with Crippen molar-refractivity contribution >= 4 is 5.91 Å². The van der Waals surface area contributed by atoms with E-state index in [-0.39, 0.29) is 12.0 Å². The SMILES string of the molecule is CC(=O)N[C@H]1CC[C@H](CCN2CCC(Oc3ccccc3C#N)CC2)CC1. The number of hydrogen-bond donors (Lipinski definition) is 1. The molecule has 3 rings (SSSR count). The molecule has 5 heteroatoms. The van der Waals surface area contributed by atoms with E-state index < -0.39 is 0 Å². The molecule has 1 saturated heterocycles. The van der Waals surface area contributed by atoms with Crippen molar-refractivity contribution in [3.05, 3.63) is 29.8 Å². The summed E-state index contributed by atoms with van der Waals surface area (Å²) in [5.74, 6) is 1.61. The van der Waals surface area contributed by atoms with Crippen LogP contribution < -0.4 is 10.1 Å². The largest absolute Gasteiger partial charge is 0.489 e. The Labute approximate surface area is 162 Å². The van der Waals surface area contributed by atoms with Crippen molar-refractivity contribution in [1.82, 2.24) is 10.2 Å². The monoisotopic (exact) mass is 369 g/mol. The smallest absolute Gasteiger partial charge is 0.217 e. The summed E-state index contributed by atoms with van der Waals surface area (Å²) >= 11 is 0. The van der Waals surface area contributed by atoms with E-state index in [0.29, 0.717) is 11.6 Å². The molecule has 0 atom stereocenters. The molecule has 0 aromatic heterocycles. The summed E-state index contributed by atoms with van der Waals surface area (Å²) in [6.45, 7) is 4.91. The van der Waals surface area contributed by atoms with E-state index in [0.717, 1.165) is 57.0 Å². The Kier molecular flexibility index (Phi) is 7.11. The lowest BCUT2D eigenvalue weighted by molar-refractivity contribution is -0.119. The van der Waals surface area contributed by atoms with Crippen molar-refractivity contribution in [1.29, 1.82) is 5.26 Å². The molecular weight excluding hydrogens is 338 g/mol. The van der Waals surface area contributed by atoms with Gasteiger partial charge in [0, 0.05) is 26.1 Å². The van der Waals surface area contributed by atoms with E-state index in [2.05, 4.69) is 16.3 Å². The van der Waals surface area contributed by atoms with Gasteiger partial charge in [-0.3, -0.25) is 4.79 Å². The van der Waals surface area contributed by atoms with Crippen molar-refractivity contribution < 1.29 is 9.53 Å². The highest BCUT2D eigenvalue weighted by Gasteiger charge is 2.24. The Morgan fingerprint density at radius 1 is 1.19 bits per heavy atom. The Balaban J connectivity index is 1.34. The first-order chi connectivity index (χ1) is 13.1. The van der Waals surface area contributed by atoms with Crippen molar-refractivity contribution in [2.24, 2.45) is 5.92 Å². The van der Waals surface area contributed by atoms with Gasteiger partial charge in [0.1, 0.15) is 17.9 Å². The van der Waals surface area contributed by atoms with Crippen LogP contribution in [0.25, 0.3) is 0 Å². The highest BCUT2D eigenvalue weighted by atomic mass is 16.5. The van der Waals surface area contributed by atoms with Crippen LogP contribution in [0.4, 0.5) is 0 Å². The predicted molar refractivity (Wildman–Crippen MR) is 105 cm³/mol. The Hall–Kier alpha value is -2.06. The van der Waals surface area contributed by atoms with Crippen molar-refractivity contribution in [2.75, 3.05) is 19.6 Å². The van der Waals surface area contributed by atoms with E-state index in [9.17, 15) is 10.1 Å². The maximum Gasteiger partial charge on any atom is 0.217 e. The molecule has 1 aliphatic heterocycles. The number of amides is 1. The molecule has 146 valence electrons. The van der Waals surface area contributed by atoms with Gasteiger partial charge in [0.25, 0.3) is 0 Å². The maximum absolute atomic E-state index is 11.2. The third-order valence-electron chi connectivity index (χ3n) is 5.94. The van der Waals surface area contributed by atoms with Crippen LogP contribution in [0, 0.1) is 17.2 Å². The van der Waals surface area contributed by atoms with Gasteiger partial charge < -0.3 is 15.0 Å². The van der Waals surface area contributed by atoms with Gasteiger partial charge in [-0.1, -0.05) is 12.1 Å². The number of piperidine rings is 1. The van der Waals surface area contributed by atoms with E-state index >= 15 is 0 Å². The average Bonchev–Trinajstić information content (AvgIpc) is 2.68. The first-order valence-electron chi connectivity index (χ1n) is 10.3. The lowest BCUT2D eigenvalue weighted by atomic mass is 9.84. The van der Waals surface area contributed by atoms with Crippen LogP contribution >= 0.6 is 0 Å². The van der Waals surface area contributed by atoms with Gasteiger partial charge >= 0.3 is 0 Å². The number of para-hydroxylation sites is 1. The van der Waals surface area contributed by atoms with Crippen LogP contribution in [-0.2, 0) is 4.79 Å². The number of carbonyl (C=O) groups is 1. The quantitative estimate of drug-likeness (QED) is 0.834. The van der Waals surface area contributed by atoms with E-state index in [4.69, 9.17) is 4.74 Å². The van der Waals surface area contributed by atoms with Crippen LogP contribution in [0.1, 0.15) is 57.4 Å². The third-order valence-corrected chi connectivity index (χ3v) is 5.94. The highest BCUT2D eigenvalue weighted by molar-refractivity contribution is 5.73. The van der Waals surface area contributed by atoms with Gasteiger partial charge in [0.15, 0.2) is 0 Å². The number of carbonyl (C=O) groups excluding carboxylic acids is 1. The molecule has 2 aliphatic rings. The standard InChI is InChI=1S/C22H31N3O2/c1-17(26)24-20-8-6-18(7-9-20)10-13-25-14-11-21(12-15-25)27-22-5-3-2-4-19(22)16-23/h2-5,18,20-21H,6-15H2,1H3,(H,24,26)/t18-,20-. The van der Waals surface area contributed by atoms with Crippen molar-refractivity contribution in [3.8, 4) is 11.8 Å².